The first-order chi connectivity index (χ1) is 16.5. The van der Waals surface area contributed by atoms with Gasteiger partial charge in [0.15, 0.2) is 11.4 Å². The summed E-state index contributed by atoms with van der Waals surface area (Å²) in [4.78, 5) is 4.66. The average molecular weight is 470 g/mol. The maximum absolute atomic E-state index is 4.66. The van der Waals surface area contributed by atoms with Crippen LogP contribution in [0.15, 0.2) is 54.9 Å². The van der Waals surface area contributed by atoms with Gasteiger partial charge in [0.25, 0.3) is 0 Å². The lowest BCUT2D eigenvalue weighted by atomic mass is 9.79. The fourth-order valence-electron chi connectivity index (χ4n) is 5.50. The lowest BCUT2D eigenvalue weighted by Crippen LogP contribution is -2.41. The summed E-state index contributed by atoms with van der Waals surface area (Å²) < 4.78 is 7.02. The molecular weight excluding hydrogens is 428 g/mol. The first-order valence-electron chi connectivity index (χ1n) is 12.8. The molecule has 4 aromatic rings. The van der Waals surface area contributed by atoms with Crippen molar-refractivity contribution in [2.45, 2.75) is 72.6 Å². The molecule has 4 heteroatoms. The molecule has 0 spiro atoms. The third kappa shape index (κ3) is 4.13. The first kappa shape index (κ1) is 25.0. The standard InChI is InChI=1S/C31H41N4/c1-20(2)24-15-13-16-25(21(3)4)29(24)35-19-28(31(7,8)26-17-12-11-14-22(26)5)34(10)30(35)27-18-32-23(6)33(27)9/h11-21H,1-10H3/q+1. The van der Waals surface area contributed by atoms with Gasteiger partial charge < -0.3 is 4.57 Å². The summed E-state index contributed by atoms with van der Waals surface area (Å²) in [6.07, 6.45) is 4.38. The molecule has 4 nitrogen and oxygen atoms in total. The second-order valence-corrected chi connectivity index (χ2v) is 11.1. The molecule has 2 aromatic carbocycles. The molecule has 0 aliphatic carbocycles. The highest BCUT2D eigenvalue weighted by molar-refractivity contribution is 5.59. The Balaban J connectivity index is 2.12. The molecule has 0 amide bonds. The molecule has 0 bridgehead atoms. The van der Waals surface area contributed by atoms with Crippen molar-refractivity contribution in [1.29, 1.82) is 0 Å². The zero-order chi connectivity index (χ0) is 25.7. The summed E-state index contributed by atoms with van der Waals surface area (Å²) in [5.74, 6) is 2.98. The highest BCUT2D eigenvalue weighted by atomic mass is 15.2. The van der Waals surface area contributed by atoms with Gasteiger partial charge in [-0.05, 0) is 50.7 Å². The molecule has 0 fully saturated rings. The monoisotopic (exact) mass is 469 g/mol. The van der Waals surface area contributed by atoms with Crippen molar-refractivity contribution in [3.05, 3.63) is 88.6 Å². The Bertz CT molecular complexity index is 1340. The Hall–Kier alpha value is -3.14. The van der Waals surface area contributed by atoms with Gasteiger partial charge in [-0.25, -0.2) is 9.55 Å². The average Bonchev–Trinajstić information content (AvgIpc) is 3.32. The molecule has 35 heavy (non-hydrogen) atoms. The van der Waals surface area contributed by atoms with Crippen LogP contribution in [0.1, 0.15) is 87.2 Å². The number of imidazole rings is 2. The van der Waals surface area contributed by atoms with E-state index in [1.54, 1.807) is 0 Å². The van der Waals surface area contributed by atoms with E-state index in [4.69, 9.17) is 0 Å². The molecule has 0 N–H and O–H groups in total. The van der Waals surface area contributed by atoms with Crippen LogP contribution in [-0.4, -0.2) is 14.1 Å². The van der Waals surface area contributed by atoms with E-state index < -0.39 is 0 Å². The van der Waals surface area contributed by atoms with E-state index in [1.165, 1.54) is 33.6 Å². The van der Waals surface area contributed by atoms with Crippen molar-refractivity contribution in [2.24, 2.45) is 14.1 Å². The summed E-state index contributed by atoms with van der Waals surface area (Å²) in [5, 5.41) is 0. The van der Waals surface area contributed by atoms with Crippen molar-refractivity contribution in [2.75, 3.05) is 0 Å². The summed E-state index contributed by atoms with van der Waals surface area (Å²) >= 11 is 0. The maximum Gasteiger partial charge on any atom is 0.312 e. The maximum atomic E-state index is 4.66. The van der Waals surface area contributed by atoms with Crippen LogP contribution >= 0.6 is 0 Å². The number of hydrogen-bond acceptors (Lipinski definition) is 1. The van der Waals surface area contributed by atoms with Gasteiger partial charge in [0.05, 0.1) is 18.7 Å². The minimum Gasteiger partial charge on any atom is -0.325 e. The van der Waals surface area contributed by atoms with Gasteiger partial charge in [0.2, 0.25) is 0 Å². The van der Waals surface area contributed by atoms with Crippen molar-refractivity contribution >= 4 is 0 Å². The van der Waals surface area contributed by atoms with E-state index in [2.05, 4.69) is 137 Å². The number of aryl methyl sites for hydroxylation is 2. The SMILES string of the molecule is Cc1ccccc1C(C)(C)c1cn(-c2c(C(C)C)cccc2C(C)C)c(-c2cnc(C)n2C)[n+]1C. The summed E-state index contributed by atoms with van der Waals surface area (Å²) in [6.45, 7) is 18.1. The smallest absolute Gasteiger partial charge is 0.312 e. The molecule has 4 rings (SSSR count). The Labute approximate surface area is 211 Å². The predicted molar refractivity (Wildman–Crippen MR) is 145 cm³/mol. The van der Waals surface area contributed by atoms with Crippen molar-refractivity contribution in [3.8, 4) is 17.2 Å². The molecule has 0 unspecified atom stereocenters. The van der Waals surface area contributed by atoms with E-state index in [0.29, 0.717) is 11.8 Å². The lowest BCUT2D eigenvalue weighted by molar-refractivity contribution is -0.670. The van der Waals surface area contributed by atoms with Crippen LogP contribution in [0.4, 0.5) is 0 Å². The molecule has 0 saturated heterocycles. The van der Waals surface area contributed by atoms with Crippen LogP contribution in [0, 0.1) is 13.8 Å². The molecule has 0 radical (unpaired) electrons. The van der Waals surface area contributed by atoms with Crippen molar-refractivity contribution < 1.29 is 4.57 Å². The van der Waals surface area contributed by atoms with Crippen LogP contribution in [0.5, 0.6) is 0 Å². The molecular formula is C31H41N4+. The second-order valence-electron chi connectivity index (χ2n) is 11.1. The topological polar surface area (TPSA) is 26.6 Å². The van der Waals surface area contributed by atoms with Crippen LogP contribution in [0.2, 0.25) is 0 Å². The van der Waals surface area contributed by atoms with Gasteiger partial charge in [-0.3, -0.25) is 0 Å². The van der Waals surface area contributed by atoms with E-state index >= 15 is 0 Å². The van der Waals surface area contributed by atoms with E-state index in [9.17, 15) is 0 Å². The van der Waals surface area contributed by atoms with Crippen LogP contribution in [0.3, 0.4) is 0 Å². The molecule has 2 heterocycles. The largest absolute Gasteiger partial charge is 0.325 e. The third-order valence-corrected chi connectivity index (χ3v) is 7.65. The van der Waals surface area contributed by atoms with Gasteiger partial charge in [-0.15, -0.1) is 0 Å². The Morgan fingerprint density at radius 3 is 2.00 bits per heavy atom. The molecule has 0 atom stereocenters. The minimum absolute atomic E-state index is 0.182. The highest BCUT2D eigenvalue weighted by Crippen LogP contribution is 2.38. The minimum atomic E-state index is -0.182. The van der Waals surface area contributed by atoms with Gasteiger partial charge >= 0.3 is 5.82 Å². The number of rotatable bonds is 6. The van der Waals surface area contributed by atoms with Crippen LogP contribution < -0.4 is 4.57 Å². The zero-order valence-electron chi connectivity index (χ0n) is 23.1. The molecule has 0 aliphatic rings. The van der Waals surface area contributed by atoms with Crippen molar-refractivity contribution in [1.82, 2.24) is 14.1 Å². The Morgan fingerprint density at radius 1 is 0.886 bits per heavy atom. The fraction of sp³-hybridized carbons (Fsp3) is 0.419. The third-order valence-electron chi connectivity index (χ3n) is 7.65. The van der Waals surface area contributed by atoms with E-state index in [1.807, 2.05) is 6.20 Å². The zero-order valence-corrected chi connectivity index (χ0v) is 23.1. The van der Waals surface area contributed by atoms with E-state index in [-0.39, 0.29) is 5.41 Å². The van der Waals surface area contributed by atoms with E-state index in [0.717, 1.165) is 17.3 Å². The summed E-state index contributed by atoms with van der Waals surface area (Å²) in [6, 6.07) is 15.5. The number of benzene rings is 2. The fourth-order valence-corrected chi connectivity index (χ4v) is 5.50. The molecule has 184 valence electrons. The van der Waals surface area contributed by atoms with Gasteiger partial charge in [-0.2, -0.15) is 4.57 Å². The first-order valence-corrected chi connectivity index (χ1v) is 12.8. The molecule has 0 saturated carbocycles. The van der Waals surface area contributed by atoms with Crippen LogP contribution in [0.25, 0.3) is 17.2 Å². The van der Waals surface area contributed by atoms with Crippen LogP contribution in [-0.2, 0) is 19.5 Å². The summed E-state index contributed by atoms with van der Waals surface area (Å²) in [5.41, 5.74) is 8.90. The normalized spacial score (nSPS) is 12.2. The number of nitrogens with zero attached hydrogens (tertiary/aromatic N) is 4. The Morgan fingerprint density at radius 2 is 1.49 bits per heavy atom. The van der Waals surface area contributed by atoms with Crippen molar-refractivity contribution in [3.63, 3.8) is 0 Å². The highest BCUT2D eigenvalue weighted by Gasteiger charge is 2.38. The lowest BCUT2D eigenvalue weighted by Gasteiger charge is -2.24. The van der Waals surface area contributed by atoms with Gasteiger partial charge in [-0.1, -0.05) is 70.2 Å². The number of hydrogen-bond donors (Lipinski definition) is 0. The summed E-state index contributed by atoms with van der Waals surface area (Å²) in [7, 11) is 4.31. The van der Waals surface area contributed by atoms with Gasteiger partial charge in [0, 0.05) is 18.2 Å². The van der Waals surface area contributed by atoms with Gasteiger partial charge in [0.1, 0.15) is 17.7 Å². The second kappa shape index (κ2) is 9.14. The Kier molecular flexibility index (Phi) is 6.52. The predicted octanol–water partition coefficient (Wildman–Crippen LogP) is 6.89. The molecule has 0 aliphatic heterocycles. The number of para-hydroxylation sites is 1. The molecule has 2 aromatic heterocycles. The quantitative estimate of drug-likeness (QED) is 0.282. The number of aromatic nitrogens is 4.